The predicted molar refractivity (Wildman–Crippen MR) is 60.9 cm³/mol. The summed E-state index contributed by atoms with van der Waals surface area (Å²) >= 11 is 0. The van der Waals surface area contributed by atoms with Crippen LogP contribution in [-0.4, -0.2) is 10.9 Å². The van der Waals surface area contributed by atoms with Gasteiger partial charge in [-0.3, -0.25) is 10.1 Å². The van der Waals surface area contributed by atoms with Crippen molar-refractivity contribution in [1.29, 1.82) is 0 Å². The van der Waals surface area contributed by atoms with Gasteiger partial charge in [-0.25, -0.2) is 4.79 Å². The highest BCUT2D eigenvalue weighted by Gasteiger charge is 2.17. The average molecular weight is 231 g/mol. The molecule has 5 nitrogen and oxygen atoms in total. The van der Waals surface area contributed by atoms with Crippen LogP contribution in [0.2, 0.25) is 0 Å². The van der Waals surface area contributed by atoms with Gasteiger partial charge in [0, 0.05) is 12.1 Å². The van der Waals surface area contributed by atoms with Crippen molar-refractivity contribution in [3.63, 3.8) is 0 Å². The highest BCUT2D eigenvalue weighted by Crippen LogP contribution is 2.21. The molecule has 0 spiro atoms. The number of hydrogen-bond acceptors (Lipinski definition) is 4. The molecule has 1 aliphatic heterocycles. The van der Waals surface area contributed by atoms with Crippen LogP contribution < -0.4 is 0 Å². The summed E-state index contributed by atoms with van der Waals surface area (Å²) in [5.41, 5.74) is 0.978. The molecule has 0 amide bonds. The fourth-order valence-electron chi connectivity index (χ4n) is 1.52. The molecule has 0 N–H and O–H groups in total. The summed E-state index contributed by atoms with van der Waals surface area (Å²) in [5, 5.41) is 10.6. The second-order valence-corrected chi connectivity index (χ2v) is 3.60. The van der Waals surface area contributed by atoms with Crippen LogP contribution in [0.25, 0.3) is 6.08 Å². The van der Waals surface area contributed by atoms with Gasteiger partial charge in [0.05, 0.1) is 10.5 Å². The standard InChI is InChI=1S/C12H9NO4/c1-8-5-10(12(14)17-8)6-9-3-2-4-11(7-9)13(15)16/h2-7H,1H3/b10-6-. The molecule has 1 aromatic rings. The molecular weight excluding hydrogens is 222 g/mol. The van der Waals surface area contributed by atoms with Crippen molar-refractivity contribution >= 4 is 17.7 Å². The van der Waals surface area contributed by atoms with Crippen LogP contribution in [0.3, 0.4) is 0 Å². The second-order valence-electron chi connectivity index (χ2n) is 3.60. The maximum absolute atomic E-state index is 11.3. The summed E-state index contributed by atoms with van der Waals surface area (Å²) in [6.45, 7) is 1.67. The van der Waals surface area contributed by atoms with Gasteiger partial charge in [0.15, 0.2) is 0 Å². The molecule has 0 radical (unpaired) electrons. The van der Waals surface area contributed by atoms with E-state index in [2.05, 4.69) is 0 Å². The molecule has 0 atom stereocenters. The number of carbonyl (C=O) groups is 1. The Morgan fingerprint density at radius 1 is 1.41 bits per heavy atom. The van der Waals surface area contributed by atoms with Crippen molar-refractivity contribution in [2.24, 2.45) is 0 Å². The fraction of sp³-hybridized carbons (Fsp3) is 0.0833. The number of cyclic esters (lactones) is 1. The normalized spacial score (nSPS) is 16.9. The van der Waals surface area contributed by atoms with Crippen molar-refractivity contribution in [2.45, 2.75) is 6.92 Å². The van der Waals surface area contributed by atoms with E-state index in [1.165, 1.54) is 12.1 Å². The number of hydrogen-bond donors (Lipinski definition) is 0. The number of nitrogens with zero attached hydrogens (tertiary/aromatic N) is 1. The molecule has 1 aliphatic rings. The molecule has 1 heterocycles. The zero-order valence-corrected chi connectivity index (χ0v) is 9.04. The van der Waals surface area contributed by atoms with Crippen LogP contribution in [0.4, 0.5) is 5.69 Å². The highest BCUT2D eigenvalue weighted by atomic mass is 16.6. The van der Waals surface area contributed by atoms with Crippen molar-refractivity contribution in [3.8, 4) is 0 Å². The molecule has 17 heavy (non-hydrogen) atoms. The van der Waals surface area contributed by atoms with E-state index in [1.54, 1.807) is 31.2 Å². The summed E-state index contributed by atoms with van der Waals surface area (Å²) in [7, 11) is 0. The van der Waals surface area contributed by atoms with Gasteiger partial charge >= 0.3 is 5.97 Å². The third-order valence-electron chi connectivity index (χ3n) is 2.25. The van der Waals surface area contributed by atoms with Crippen molar-refractivity contribution in [1.82, 2.24) is 0 Å². The number of rotatable bonds is 2. The number of nitro benzene ring substituents is 1. The van der Waals surface area contributed by atoms with Crippen LogP contribution in [0, 0.1) is 10.1 Å². The summed E-state index contributed by atoms with van der Waals surface area (Å²) in [6, 6.07) is 6.06. The highest BCUT2D eigenvalue weighted by molar-refractivity contribution is 5.99. The Morgan fingerprint density at radius 3 is 2.76 bits per heavy atom. The Labute approximate surface area is 97.2 Å². The van der Waals surface area contributed by atoms with Gasteiger partial charge in [-0.2, -0.15) is 0 Å². The molecule has 2 rings (SSSR count). The lowest BCUT2D eigenvalue weighted by Crippen LogP contribution is -1.96. The molecule has 0 aliphatic carbocycles. The maximum Gasteiger partial charge on any atom is 0.343 e. The van der Waals surface area contributed by atoms with Gasteiger partial charge in [-0.15, -0.1) is 0 Å². The molecule has 0 saturated heterocycles. The minimum Gasteiger partial charge on any atom is -0.428 e. The van der Waals surface area contributed by atoms with E-state index in [-0.39, 0.29) is 5.69 Å². The first-order valence-corrected chi connectivity index (χ1v) is 4.93. The fourth-order valence-corrected chi connectivity index (χ4v) is 1.52. The van der Waals surface area contributed by atoms with Crippen LogP contribution >= 0.6 is 0 Å². The third kappa shape index (κ3) is 2.39. The van der Waals surface area contributed by atoms with E-state index in [4.69, 9.17) is 4.74 Å². The van der Waals surface area contributed by atoms with Gasteiger partial charge in [-0.05, 0) is 24.6 Å². The molecular formula is C12H9NO4. The number of esters is 1. The van der Waals surface area contributed by atoms with Crippen LogP contribution in [-0.2, 0) is 9.53 Å². The summed E-state index contributed by atoms with van der Waals surface area (Å²) in [4.78, 5) is 21.4. The van der Waals surface area contributed by atoms with E-state index in [9.17, 15) is 14.9 Å². The lowest BCUT2D eigenvalue weighted by Gasteiger charge is -1.95. The van der Waals surface area contributed by atoms with Crippen LogP contribution in [0.15, 0.2) is 41.7 Å². The zero-order valence-electron chi connectivity index (χ0n) is 9.04. The minimum absolute atomic E-state index is 0.00795. The Morgan fingerprint density at radius 2 is 2.18 bits per heavy atom. The summed E-state index contributed by atoms with van der Waals surface area (Å²) < 4.78 is 4.84. The quantitative estimate of drug-likeness (QED) is 0.339. The summed E-state index contributed by atoms with van der Waals surface area (Å²) in [6.07, 6.45) is 3.16. The van der Waals surface area contributed by atoms with Gasteiger partial charge in [0.25, 0.3) is 5.69 Å². The number of non-ortho nitro benzene ring substituents is 1. The van der Waals surface area contributed by atoms with Crippen LogP contribution in [0.1, 0.15) is 12.5 Å². The van der Waals surface area contributed by atoms with E-state index in [0.29, 0.717) is 16.9 Å². The first-order chi connectivity index (χ1) is 8.06. The number of nitro groups is 1. The van der Waals surface area contributed by atoms with Gasteiger partial charge < -0.3 is 4.74 Å². The van der Waals surface area contributed by atoms with Crippen molar-refractivity contribution < 1.29 is 14.5 Å². The predicted octanol–water partition coefficient (Wildman–Crippen LogP) is 2.44. The molecule has 0 bridgehead atoms. The molecule has 0 saturated carbocycles. The Balaban J connectivity index is 2.36. The molecule has 86 valence electrons. The summed E-state index contributed by atoms with van der Waals surface area (Å²) in [5.74, 6) is 0.0840. The topological polar surface area (TPSA) is 69.4 Å². The van der Waals surface area contributed by atoms with Gasteiger partial charge in [0.1, 0.15) is 5.76 Å². The smallest absolute Gasteiger partial charge is 0.343 e. The maximum atomic E-state index is 11.3. The molecule has 0 aromatic heterocycles. The Hall–Kier alpha value is -2.43. The van der Waals surface area contributed by atoms with Gasteiger partial charge in [0.2, 0.25) is 0 Å². The van der Waals surface area contributed by atoms with E-state index in [1.807, 2.05) is 0 Å². The zero-order chi connectivity index (χ0) is 12.4. The average Bonchev–Trinajstić information content (AvgIpc) is 2.58. The molecule has 0 fully saturated rings. The number of benzene rings is 1. The lowest BCUT2D eigenvalue weighted by atomic mass is 10.1. The van der Waals surface area contributed by atoms with E-state index < -0.39 is 10.9 Å². The van der Waals surface area contributed by atoms with Crippen LogP contribution in [0.5, 0.6) is 0 Å². The lowest BCUT2D eigenvalue weighted by molar-refractivity contribution is -0.384. The first kappa shape index (κ1) is 11.1. The van der Waals surface area contributed by atoms with E-state index in [0.717, 1.165) is 0 Å². The Bertz CT molecular complexity index is 557. The third-order valence-corrected chi connectivity index (χ3v) is 2.25. The first-order valence-electron chi connectivity index (χ1n) is 4.93. The van der Waals surface area contributed by atoms with Crippen molar-refractivity contribution in [3.05, 3.63) is 57.4 Å². The largest absolute Gasteiger partial charge is 0.428 e. The van der Waals surface area contributed by atoms with E-state index >= 15 is 0 Å². The molecule has 0 unspecified atom stereocenters. The number of ether oxygens (including phenoxy) is 1. The second kappa shape index (κ2) is 4.21. The molecule has 5 heteroatoms. The number of carbonyl (C=O) groups excluding carboxylic acids is 1. The monoisotopic (exact) mass is 231 g/mol. The number of allylic oxidation sites excluding steroid dienone is 1. The van der Waals surface area contributed by atoms with Gasteiger partial charge in [-0.1, -0.05) is 12.1 Å². The minimum atomic E-state index is -0.476. The van der Waals surface area contributed by atoms with Crippen molar-refractivity contribution in [2.75, 3.05) is 0 Å². The Kier molecular flexibility index (Phi) is 2.74. The SMILES string of the molecule is CC1=C/C(=C/c2cccc([N+](=O)[O-])c2)C(=O)O1. The molecule has 1 aromatic carbocycles.